The summed E-state index contributed by atoms with van der Waals surface area (Å²) in [5.74, 6) is 0.228. The smallest absolute Gasteiger partial charge is 0.403 e. The van der Waals surface area contributed by atoms with Gasteiger partial charge in [-0.1, -0.05) is 12.5 Å². The van der Waals surface area contributed by atoms with Gasteiger partial charge in [-0.3, -0.25) is 0 Å². The lowest BCUT2D eigenvalue weighted by atomic mass is 9.71. The van der Waals surface area contributed by atoms with Crippen molar-refractivity contribution < 1.29 is 9.31 Å². The van der Waals surface area contributed by atoms with Crippen molar-refractivity contribution in [2.75, 3.05) is 13.6 Å². The van der Waals surface area contributed by atoms with Crippen molar-refractivity contribution in [3.63, 3.8) is 0 Å². The van der Waals surface area contributed by atoms with Gasteiger partial charge in [0.05, 0.1) is 11.2 Å². The van der Waals surface area contributed by atoms with E-state index in [1.165, 1.54) is 19.3 Å². The van der Waals surface area contributed by atoms with Crippen molar-refractivity contribution in [2.24, 2.45) is 0 Å². The Morgan fingerprint density at radius 1 is 1.26 bits per heavy atom. The Morgan fingerprint density at radius 2 is 1.79 bits per heavy atom. The molecular weight excluding hydrogens is 237 g/mol. The van der Waals surface area contributed by atoms with Gasteiger partial charge >= 0.3 is 7.12 Å². The second-order valence-electron chi connectivity index (χ2n) is 7.05. The van der Waals surface area contributed by atoms with Crippen LogP contribution < -0.4 is 0 Å². The first-order valence-electron chi connectivity index (χ1n) is 7.45. The zero-order valence-corrected chi connectivity index (χ0v) is 13.1. The Labute approximate surface area is 118 Å². The molecule has 0 N–H and O–H groups in total. The lowest BCUT2D eigenvalue weighted by Gasteiger charge is -2.36. The highest BCUT2D eigenvalue weighted by Crippen LogP contribution is 2.40. The van der Waals surface area contributed by atoms with Crippen molar-refractivity contribution in [1.29, 1.82) is 0 Å². The lowest BCUT2D eigenvalue weighted by Crippen LogP contribution is -2.41. The molecule has 2 rings (SSSR count). The van der Waals surface area contributed by atoms with Crippen LogP contribution in [0.15, 0.2) is 12.7 Å². The van der Waals surface area contributed by atoms with Crippen molar-refractivity contribution in [1.82, 2.24) is 4.90 Å². The maximum Gasteiger partial charge on any atom is 0.466 e. The molecule has 1 atom stereocenters. The molecule has 19 heavy (non-hydrogen) atoms. The van der Waals surface area contributed by atoms with Gasteiger partial charge in [0.15, 0.2) is 0 Å². The summed E-state index contributed by atoms with van der Waals surface area (Å²) in [5, 5.41) is 0. The van der Waals surface area contributed by atoms with E-state index in [1.54, 1.807) is 0 Å². The maximum atomic E-state index is 6.13. The number of hydrogen-bond acceptors (Lipinski definition) is 3. The van der Waals surface area contributed by atoms with Crippen LogP contribution in [-0.2, 0) is 9.31 Å². The Kier molecular flexibility index (Phi) is 4.15. The molecule has 1 saturated carbocycles. The van der Waals surface area contributed by atoms with E-state index in [0.717, 1.165) is 12.6 Å². The van der Waals surface area contributed by atoms with E-state index >= 15 is 0 Å². The van der Waals surface area contributed by atoms with E-state index in [2.05, 4.69) is 46.2 Å². The standard InChI is InChI=1S/C15H28BNO2/c1-7-12(11-17(6)13-9-8-10-13)16-18-14(2,3)15(4,5)19-16/h7,12-13H,1,8-11H2,2-6H3. The van der Waals surface area contributed by atoms with Gasteiger partial charge in [-0.25, -0.2) is 0 Å². The van der Waals surface area contributed by atoms with Crippen LogP contribution in [0.1, 0.15) is 47.0 Å². The summed E-state index contributed by atoms with van der Waals surface area (Å²) >= 11 is 0. The molecular formula is C15H28BNO2. The van der Waals surface area contributed by atoms with Gasteiger partial charge in [-0.2, -0.15) is 0 Å². The lowest BCUT2D eigenvalue weighted by molar-refractivity contribution is 0.00578. The highest BCUT2D eigenvalue weighted by Gasteiger charge is 2.53. The first kappa shape index (κ1) is 15.1. The first-order chi connectivity index (χ1) is 8.77. The quantitative estimate of drug-likeness (QED) is 0.563. The molecule has 0 aromatic rings. The monoisotopic (exact) mass is 265 g/mol. The van der Waals surface area contributed by atoms with Crippen LogP contribution in [0.25, 0.3) is 0 Å². The van der Waals surface area contributed by atoms with Crippen molar-refractivity contribution in [3.8, 4) is 0 Å². The molecule has 0 aromatic heterocycles. The van der Waals surface area contributed by atoms with Gasteiger partial charge in [0, 0.05) is 18.4 Å². The molecule has 2 aliphatic rings. The van der Waals surface area contributed by atoms with Crippen LogP contribution >= 0.6 is 0 Å². The van der Waals surface area contributed by atoms with E-state index in [1.807, 2.05) is 6.08 Å². The van der Waals surface area contributed by atoms with E-state index in [9.17, 15) is 0 Å². The third-order valence-electron chi connectivity index (χ3n) is 5.12. The van der Waals surface area contributed by atoms with Crippen LogP contribution in [-0.4, -0.2) is 42.9 Å². The minimum atomic E-state index is -0.256. The molecule has 0 radical (unpaired) electrons. The van der Waals surface area contributed by atoms with Crippen molar-refractivity contribution in [3.05, 3.63) is 12.7 Å². The summed E-state index contributed by atoms with van der Waals surface area (Å²) in [6, 6.07) is 0.741. The minimum absolute atomic E-state index is 0.176. The van der Waals surface area contributed by atoms with Crippen LogP contribution in [0.5, 0.6) is 0 Å². The molecule has 2 fully saturated rings. The van der Waals surface area contributed by atoms with Crippen molar-refractivity contribution in [2.45, 2.75) is 70.0 Å². The normalized spacial score (nSPS) is 27.4. The van der Waals surface area contributed by atoms with Crippen LogP contribution in [0.3, 0.4) is 0 Å². The van der Waals surface area contributed by atoms with Crippen LogP contribution in [0.4, 0.5) is 0 Å². The summed E-state index contributed by atoms with van der Waals surface area (Å²) < 4.78 is 12.3. The molecule has 3 nitrogen and oxygen atoms in total. The Hall–Kier alpha value is -0.315. The fraction of sp³-hybridized carbons (Fsp3) is 0.867. The van der Waals surface area contributed by atoms with Gasteiger partial charge in [0.25, 0.3) is 0 Å². The third-order valence-corrected chi connectivity index (χ3v) is 5.12. The number of rotatable bonds is 5. The molecule has 0 aromatic carbocycles. The average Bonchev–Trinajstić information content (AvgIpc) is 2.42. The molecule has 0 spiro atoms. The Morgan fingerprint density at radius 3 is 2.16 bits per heavy atom. The summed E-state index contributed by atoms with van der Waals surface area (Å²) in [4.78, 5) is 2.43. The second kappa shape index (κ2) is 5.23. The average molecular weight is 265 g/mol. The van der Waals surface area contributed by atoms with Crippen molar-refractivity contribution >= 4 is 7.12 Å². The highest BCUT2D eigenvalue weighted by atomic mass is 16.7. The molecule has 1 heterocycles. The highest BCUT2D eigenvalue weighted by molar-refractivity contribution is 6.48. The largest absolute Gasteiger partial charge is 0.466 e. The van der Waals surface area contributed by atoms with Gasteiger partial charge in [-0.15, -0.1) is 6.58 Å². The predicted molar refractivity (Wildman–Crippen MR) is 80.3 cm³/mol. The van der Waals surface area contributed by atoms with Gasteiger partial charge < -0.3 is 14.2 Å². The first-order valence-corrected chi connectivity index (χ1v) is 7.45. The molecule has 1 aliphatic heterocycles. The van der Waals surface area contributed by atoms with Gasteiger partial charge in [0.2, 0.25) is 0 Å². The molecule has 4 heteroatoms. The molecule has 0 bridgehead atoms. The zero-order valence-electron chi connectivity index (χ0n) is 13.1. The SMILES string of the molecule is C=CC(CN(C)C1CCC1)B1OC(C)(C)C(C)(C)O1. The number of nitrogens with zero attached hydrogens (tertiary/aromatic N) is 1. The summed E-state index contributed by atoms with van der Waals surface area (Å²) in [7, 11) is 2.02. The Balaban J connectivity index is 1.97. The van der Waals surface area contributed by atoms with Gasteiger partial charge in [0.1, 0.15) is 0 Å². The van der Waals surface area contributed by atoms with E-state index in [4.69, 9.17) is 9.31 Å². The van der Waals surface area contributed by atoms with Crippen LogP contribution in [0.2, 0.25) is 5.82 Å². The van der Waals surface area contributed by atoms with E-state index in [0.29, 0.717) is 0 Å². The molecule has 108 valence electrons. The van der Waals surface area contributed by atoms with E-state index in [-0.39, 0.29) is 24.1 Å². The minimum Gasteiger partial charge on any atom is -0.403 e. The predicted octanol–water partition coefficient (Wildman–Crippen LogP) is 3.12. The fourth-order valence-electron chi connectivity index (χ4n) is 2.64. The summed E-state index contributed by atoms with van der Waals surface area (Å²) in [6.07, 6.45) is 6.00. The maximum absolute atomic E-state index is 6.13. The topological polar surface area (TPSA) is 21.7 Å². The Bertz CT molecular complexity index is 323. The molecule has 0 amide bonds. The van der Waals surface area contributed by atoms with Crippen LogP contribution in [0, 0.1) is 0 Å². The van der Waals surface area contributed by atoms with Gasteiger partial charge in [-0.05, 0) is 47.6 Å². The molecule has 1 unspecified atom stereocenters. The van der Waals surface area contributed by atoms with E-state index < -0.39 is 0 Å². The zero-order chi connectivity index (χ0) is 14.3. The molecule has 1 saturated heterocycles. The number of hydrogen-bond donors (Lipinski definition) is 0. The second-order valence-corrected chi connectivity index (χ2v) is 7.05. The molecule has 1 aliphatic carbocycles. The fourth-order valence-corrected chi connectivity index (χ4v) is 2.64. The third kappa shape index (κ3) is 2.91. The summed E-state index contributed by atoms with van der Waals surface area (Å²) in [5.41, 5.74) is -0.512. The summed E-state index contributed by atoms with van der Waals surface area (Å²) in [6.45, 7) is 13.3.